The molecule has 0 aromatic heterocycles. The summed E-state index contributed by atoms with van der Waals surface area (Å²) in [5.41, 5.74) is 7.70. The number of nitrogens with one attached hydrogen (secondary N) is 1. The van der Waals surface area contributed by atoms with Gasteiger partial charge in [0, 0.05) is 44.3 Å². The molecule has 2 fully saturated rings. The molecule has 3 N–H and O–H groups in total. The number of nitrogen functional groups attached to an aromatic ring is 1. The molecule has 1 aliphatic carbocycles. The van der Waals surface area contributed by atoms with Crippen LogP contribution in [-0.4, -0.2) is 60.4 Å². The van der Waals surface area contributed by atoms with Gasteiger partial charge in [-0.1, -0.05) is 18.2 Å². The molecule has 1 aromatic carbocycles. The van der Waals surface area contributed by atoms with Gasteiger partial charge in [0.25, 0.3) is 0 Å². The van der Waals surface area contributed by atoms with Crippen molar-refractivity contribution >= 4 is 17.5 Å². The van der Waals surface area contributed by atoms with E-state index in [1.807, 2.05) is 29.2 Å². The third kappa shape index (κ3) is 4.71. The lowest BCUT2D eigenvalue weighted by molar-refractivity contribution is -0.133. The highest BCUT2D eigenvalue weighted by Gasteiger charge is 2.26. The van der Waals surface area contributed by atoms with Crippen LogP contribution >= 0.6 is 0 Å². The van der Waals surface area contributed by atoms with Gasteiger partial charge in [-0.3, -0.25) is 14.5 Å². The minimum atomic E-state index is 0.108. The lowest BCUT2D eigenvalue weighted by Gasteiger charge is -2.34. The number of hydrogen-bond donors (Lipinski definition) is 2. The third-order valence-electron chi connectivity index (χ3n) is 4.70. The summed E-state index contributed by atoms with van der Waals surface area (Å²) in [6.07, 6.45) is 3.38. The first-order chi connectivity index (χ1) is 11.6. The van der Waals surface area contributed by atoms with E-state index in [9.17, 15) is 9.59 Å². The zero-order chi connectivity index (χ0) is 16.9. The Labute approximate surface area is 143 Å². The molecule has 3 rings (SSSR count). The van der Waals surface area contributed by atoms with E-state index in [1.165, 1.54) is 0 Å². The second-order valence-corrected chi connectivity index (χ2v) is 6.70. The molecule has 1 heterocycles. The Kier molecular flexibility index (Phi) is 5.35. The quantitative estimate of drug-likeness (QED) is 0.750. The first-order valence-electron chi connectivity index (χ1n) is 8.74. The number of piperazine rings is 1. The number of nitrogens with two attached hydrogens (primary N) is 1. The normalized spacial score (nSPS) is 18.4. The SMILES string of the molecule is Nc1ccccc1CCC(=O)N1CCN(CC(=O)NC2CC2)CC1. The Morgan fingerprint density at radius 3 is 2.50 bits per heavy atom. The molecular formula is C18H26N4O2. The van der Waals surface area contributed by atoms with Gasteiger partial charge in [0.15, 0.2) is 0 Å². The number of rotatable bonds is 6. The van der Waals surface area contributed by atoms with Gasteiger partial charge in [-0.2, -0.15) is 0 Å². The highest BCUT2D eigenvalue weighted by Crippen LogP contribution is 2.18. The van der Waals surface area contributed by atoms with Crippen LogP contribution in [0.1, 0.15) is 24.8 Å². The molecule has 2 aliphatic rings. The highest BCUT2D eigenvalue weighted by atomic mass is 16.2. The van der Waals surface area contributed by atoms with Crippen LogP contribution in [0.5, 0.6) is 0 Å². The average Bonchev–Trinajstić information content (AvgIpc) is 3.38. The van der Waals surface area contributed by atoms with Gasteiger partial charge in [-0.15, -0.1) is 0 Å². The first-order valence-corrected chi connectivity index (χ1v) is 8.74. The minimum absolute atomic E-state index is 0.108. The zero-order valence-corrected chi connectivity index (χ0v) is 14.0. The van der Waals surface area contributed by atoms with Crippen LogP contribution in [0, 0.1) is 0 Å². The summed E-state index contributed by atoms with van der Waals surface area (Å²) in [5.74, 6) is 0.275. The summed E-state index contributed by atoms with van der Waals surface area (Å²) in [4.78, 5) is 28.2. The molecule has 0 atom stereocenters. The van der Waals surface area contributed by atoms with Gasteiger partial charge >= 0.3 is 0 Å². The monoisotopic (exact) mass is 330 g/mol. The average molecular weight is 330 g/mol. The van der Waals surface area contributed by atoms with E-state index in [0.29, 0.717) is 38.5 Å². The number of benzene rings is 1. The summed E-state index contributed by atoms with van der Waals surface area (Å²) in [6, 6.07) is 8.09. The highest BCUT2D eigenvalue weighted by molar-refractivity contribution is 5.79. The maximum atomic E-state index is 12.4. The summed E-state index contributed by atoms with van der Waals surface area (Å²) in [7, 11) is 0. The Bertz CT molecular complexity index is 592. The third-order valence-corrected chi connectivity index (χ3v) is 4.70. The number of para-hydroxylation sites is 1. The Balaban J connectivity index is 1.38. The van der Waals surface area contributed by atoms with Crippen LogP contribution in [0.3, 0.4) is 0 Å². The molecule has 6 heteroatoms. The zero-order valence-electron chi connectivity index (χ0n) is 14.0. The predicted molar refractivity (Wildman–Crippen MR) is 93.4 cm³/mol. The van der Waals surface area contributed by atoms with Crippen LogP contribution in [0.15, 0.2) is 24.3 Å². The predicted octanol–water partition coefficient (Wildman–Crippen LogP) is 0.624. The van der Waals surface area contributed by atoms with Crippen molar-refractivity contribution in [3.05, 3.63) is 29.8 Å². The molecule has 2 amide bonds. The Hall–Kier alpha value is -2.08. The topological polar surface area (TPSA) is 78.7 Å². The molecule has 1 saturated heterocycles. The van der Waals surface area contributed by atoms with Crippen LogP contribution in [0.4, 0.5) is 5.69 Å². The molecule has 1 aromatic rings. The number of carbonyl (C=O) groups excluding carboxylic acids is 2. The van der Waals surface area contributed by atoms with Crippen LogP contribution in [0.25, 0.3) is 0 Å². The summed E-state index contributed by atoms with van der Waals surface area (Å²) < 4.78 is 0. The van der Waals surface area contributed by atoms with E-state index in [0.717, 1.165) is 37.2 Å². The smallest absolute Gasteiger partial charge is 0.234 e. The van der Waals surface area contributed by atoms with Crippen molar-refractivity contribution in [1.82, 2.24) is 15.1 Å². The number of anilines is 1. The van der Waals surface area contributed by atoms with E-state index < -0.39 is 0 Å². The standard InChI is InChI=1S/C18H26N4O2/c19-16-4-2-1-3-14(16)5-8-18(24)22-11-9-21(10-12-22)13-17(23)20-15-6-7-15/h1-4,15H,5-13,19H2,(H,20,23). The second-order valence-electron chi connectivity index (χ2n) is 6.70. The second kappa shape index (κ2) is 7.66. The van der Waals surface area contributed by atoms with Gasteiger partial charge in [0.1, 0.15) is 0 Å². The Morgan fingerprint density at radius 1 is 1.12 bits per heavy atom. The lowest BCUT2D eigenvalue weighted by atomic mass is 10.1. The van der Waals surface area contributed by atoms with E-state index in [1.54, 1.807) is 0 Å². The van der Waals surface area contributed by atoms with Crippen molar-refractivity contribution in [3.63, 3.8) is 0 Å². The molecule has 130 valence electrons. The fourth-order valence-corrected chi connectivity index (χ4v) is 3.02. The van der Waals surface area contributed by atoms with Gasteiger partial charge in [0.05, 0.1) is 6.54 Å². The van der Waals surface area contributed by atoms with Gasteiger partial charge in [0.2, 0.25) is 11.8 Å². The largest absolute Gasteiger partial charge is 0.399 e. The number of carbonyl (C=O) groups is 2. The number of hydrogen-bond acceptors (Lipinski definition) is 4. The molecule has 6 nitrogen and oxygen atoms in total. The van der Waals surface area contributed by atoms with Crippen molar-refractivity contribution < 1.29 is 9.59 Å². The van der Waals surface area contributed by atoms with Crippen molar-refractivity contribution in [3.8, 4) is 0 Å². The van der Waals surface area contributed by atoms with Gasteiger partial charge < -0.3 is 16.0 Å². The van der Waals surface area contributed by atoms with Crippen molar-refractivity contribution in [2.45, 2.75) is 31.7 Å². The number of nitrogens with zero attached hydrogens (tertiary/aromatic N) is 2. The van der Waals surface area contributed by atoms with Crippen molar-refractivity contribution in [2.24, 2.45) is 0 Å². The van der Waals surface area contributed by atoms with Crippen molar-refractivity contribution in [2.75, 3.05) is 38.5 Å². The van der Waals surface area contributed by atoms with E-state index in [-0.39, 0.29) is 11.8 Å². The van der Waals surface area contributed by atoms with E-state index >= 15 is 0 Å². The molecule has 1 aliphatic heterocycles. The van der Waals surface area contributed by atoms with Crippen molar-refractivity contribution in [1.29, 1.82) is 0 Å². The molecule has 1 saturated carbocycles. The van der Waals surface area contributed by atoms with Gasteiger partial charge in [-0.25, -0.2) is 0 Å². The maximum Gasteiger partial charge on any atom is 0.234 e. The summed E-state index contributed by atoms with van der Waals surface area (Å²) in [6.45, 7) is 3.35. The number of aryl methyl sites for hydroxylation is 1. The molecule has 0 spiro atoms. The minimum Gasteiger partial charge on any atom is -0.399 e. The molecule has 24 heavy (non-hydrogen) atoms. The van der Waals surface area contributed by atoms with E-state index in [2.05, 4.69) is 10.2 Å². The summed E-state index contributed by atoms with van der Waals surface area (Å²) in [5, 5.41) is 3.01. The van der Waals surface area contributed by atoms with Crippen LogP contribution < -0.4 is 11.1 Å². The van der Waals surface area contributed by atoms with Crippen LogP contribution in [-0.2, 0) is 16.0 Å². The lowest BCUT2D eigenvalue weighted by Crippen LogP contribution is -2.51. The molecular weight excluding hydrogens is 304 g/mol. The molecule has 0 bridgehead atoms. The summed E-state index contributed by atoms with van der Waals surface area (Å²) >= 11 is 0. The fourth-order valence-electron chi connectivity index (χ4n) is 3.02. The Morgan fingerprint density at radius 2 is 1.83 bits per heavy atom. The van der Waals surface area contributed by atoms with Crippen LogP contribution in [0.2, 0.25) is 0 Å². The first kappa shape index (κ1) is 16.8. The fraction of sp³-hybridized carbons (Fsp3) is 0.556. The number of amides is 2. The van der Waals surface area contributed by atoms with Gasteiger partial charge in [-0.05, 0) is 30.9 Å². The van der Waals surface area contributed by atoms with E-state index in [4.69, 9.17) is 5.73 Å². The molecule has 0 radical (unpaired) electrons. The maximum absolute atomic E-state index is 12.4. The molecule has 0 unspecified atom stereocenters.